The zero-order valence-electron chi connectivity index (χ0n) is 7.83. The Morgan fingerprint density at radius 3 is 2.79 bits per heavy atom. The van der Waals surface area contributed by atoms with E-state index in [1.165, 1.54) is 12.1 Å². The molecule has 2 nitrogen and oxygen atoms in total. The molecule has 2 atom stereocenters. The summed E-state index contributed by atoms with van der Waals surface area (Å²) in [6, 6.07) is 4.53. The molecule has 1 N–H and O–H groups in total. The van der Waals surface area contributed by atoms with Crippen LogP contribution in [0.25, 0.3) is 0 Å². The minimum Gasteiger partial charge on any atom is -0.481 e. The van der Waals surface area contributed by atoms with Crippen molar-refractivity contribution in [2.75, 3.05) is 0 Å². The molecule has 0 aromatic heterocycles. The number of carbonyl (C=O) groups is 1. The van der Waals surface area contributed by atoms with E-state index in [2.05, 4.69) is 0 Å². The minimum atomic E-state index is -0.751. The molecule has 0 heterocycles. The van der Waals surface area contributed by atoms with Crippen LogP contribution < -0.4 is 0 Å². The number of aliphatic carboxylic acids is 1. The van der Waals surface area contributed by atoms with Crippen LogP contribution in [0.1, 0.15) is 23.5 Å². The minimum absolute atomic E-state index is 0.0908. The molecule has 1 saturated carbocycles. The monoisotopic (exact) mass is 194 g/mol. The molecule has 1 aliphatic rings. The number of halogens is 1. The summed E-state index contributed by atoms with van der Waals surface area (Å²) in [4.78, 5) is 10.6. The fraction of sp³-hybridized carbons (Fsp3) is 0.364. The van der Waals surface area contributed by atoms with Gasteiger partial charge in [-0.25, -0.2) is 4.39 Å². The number of aryl methyl sites for hydroxylation is 1. The van der Waals surface area contributed by atoms with Crippen molar-refractivity contribution in [2.45, 2.75) is 19.3 Å². The van der Waals surface area contributed by atoms with Crippen LogP contribution in [0.15, 0.2) is 18.2 Å². The molecule has 3 heteroatoms. The van der Waals surface area contributed by atoms with Gasteiger partial charge in [0.15, 0.2) is 0 Å². The van der Waals surface area contributed by atoms with Gasteiger partial charge in [0.05, 0.1) is 5.92 Å². The zero-order valence-corrected chi connectivity index (χ0v) is 7.83. The Morgan fingerprint density at radius 2 is 2.29 bits per heavy atom. The maximum Gasteiger partial charge on any atom is 0.307 e. The number of hydrogen-bond donors (Lipinski definition) is 1. The summed E-state index contributed by atoms with van der Waals surface area (Å²) in [5, 5.41) is 8.76. The molecule has 1 fully saturated rings. The van der Waals surface area contributed by atoms with Gasteiger partial charge in [0.1, 0.15) is 5.82 Å². The first-order valence-electron chi connectivity index (χ1n) is 4.58. The Kier molecular flexibility index (Phi) is 2.02. The molecule has 0 saturated heterocycles. The van der Waals surface area contributed by atoms with Crippen molar-refractivity contribution >= 4 is 5.97 Å². The summed E-state index contributed by atoms with van der Waals surface area (Å²) in [5.41, 5.74) is 1.82. The number of carboxylic acids is 1. The number of hydrogen-bond acceptors (Lipinski definition) is 1. The summed E-state index contributed by atoms with van der Waals surface area (Å²) in [5.74, 6) is -1.19. The molecule has 1 aromatic rings. The second kappa shape index (κ2) is 3.08. The Morgan fingerprint density at radius 1 is 1.57 bits per heavy atom. The van der Waals surface area contributed by atoms with Crippen LogP contribution in [0.4, 0.5) is 4.39 Å². The topological polar surface area (TPSA) is 37.3 Å². The lowest BCUT2D eigenvalue weighted by molar-refractivity contribution is -0.138. The van der Waals surface area contributed by atoms with Crippen molar-refractivity contribution in [2.24, 2.45) is 5.92 Å². The first kappa shape index (κ1) is 9.19. The predicted octanol–water partition coefficient (Wildman–Crippen LogP) is 2.32. The lowest BCUT2D eigenvalue weighted by Crippen LogP contribution is -1.99. The third kappa shape index (κ3) is 1.50. The van der Waals surface area contributed by atoms with Gasteiger partial charge in [0.2, 0.25) is 0 Å². The molecule has 0 aliphatic heterocycles. The average Bonchev–Trinajstić information content (AvgIpc) is 2.83. The SMILES string of the molecule is Cc1cc(F)ccc1[C@H]1C[C@@H]1C(=O)O. The van der Waals surface area contributed by atoms with Crippen molar-refractivity contribution in [1.82, 2.24) is 0 Å². The van der Waals surface area contributed by atoms with E-state index in [0.29, 0.717) is 6.42 Å². The lowest BCUT2D eigenvalue weighted by atomic mass is 10.0. The molecular weight excluding hydrogens is 183 g/mol. The van der Waals surface area contributed by atoms with E-state index < -0.39 is 5.97 Å². The number of carboxylic acid groups (broad SMARTS) is 1. The van der Waals surface area contributed by atoms with Crippen LogP contribution in [0.3, 0.4) is 0 Å². The maximum absolute atomic E-state index is 12.8. The average molecular weight is 194 g/mol. The smallest absolute Gasteiger partial charge is 0.307 e. The van der Waals surface area contributed by atoms with Crippen LogP contribution in [0, 0.1) is 18.7 Å². The summed E-state index contributed by atoms with van der Waals surface area (Å²) in [6.07, 6.45) is 0.682. The van der Waals surface area contributed by atoms with E-state index in [9.17, 15) is 9.18 Å². The molecule has 14 heavy (non-hydrogen) atoms. The van der Waals surface area contributed by atoms with Gasteiger partial charge in [0, 0.05) is 0 Å². The Hall–Kier alpha value is -1.38. The van der Waals surface area contributed by atoms with Gasteiger partial charge in [-0.3, -0.25) is 4.79 Å². The third-order valence-electron chi connectivity index (χ3n) is 2.74. The second-order valence-corrected chi connectivity index (χ2v) is 3.79. The predicted molar refractivity (Wildman–Crippen MR) is 49.6 cm³/mol. The van der Waals surface area contributed by atoms with E-state index in [4.69, 9.17) is 5.11 Å². The molecular formula is C11H11FO2. The van der Waals surface area contributed by atoms with Gasteiger partial charge in [-0.05, 0) is 42.5 Å². The first-order chi connectivity index (χ1) is 6.59. The van der Waals surface area contributed by atoms with Crippen molar-refractivity contribution in [3.63, 3.8) is 0 Å². The summed E-state index contributed by atoms with van der Waals surface area (Å²) in [7, 11) is 0. The van der Waals surface area contributed by atoms with Gasteiger partial charge in [-0.1, -0.05) is 6.07 Å². The van der Waals surface area contributed by atoms with Crippen LogP contribution in [0.5, 0.6) is 0 Å². The van der Waals surface area contributed by atoms with Gasteiger partial charge in [-0.15, -0.1) is 0 Å². The van der Waals surface area contributed by atoms with Crippen molar-refractivity contribution < 1.29 is 14.3 Å². The highest BCUT2D eigenvalue weighted by Gasteiger charge is 2.44. The standard InChI is InChI=1S/C11H11FO2/c1-6-4-7(12)2-3-8(6)9-5-10(9)11(13)14/h2-4,9-10H,5H2,1H3,(H,13,14)/t9-,10+/m1/s1. The van der Waals surface area contributed by atoms with Crippen LogP contribution >= 0.6 is 0 Å². The summed E-state index contributed by atoms with van der Waals surface area (Å²) < 4.78 is 12.8. The van der Waals surface area contributed by atoms with Crippen molar-refractivity contribution in [3.8, 4) is 0 Å². The largest absolute Gasteiger partial charge is 0.481 e. The highest BCUT2D eigenvalue weighted by molar-refractivity contribution is 5.75. The van der Waals surface area contributed by atoms with Gasteiger partial charge in [-0.2, -0.15) is 0 Å². The molecule has 0 radical (unpaired) electrons. The van der Waals surface area contributed by atoms with E-state index >= 15 is 0 Å². The van der Waals surface area contributed by atoms with Gasteiger partial charge < -0.3 is 5.11 Å². The van der Waals surface area contributed by atoms with Crippen molar-refractivity contribution in [3.05, 3.63) is 35.1 Å². The molecule has 2 rings (SSSR count). The van der Waals surface area contributed by atoms with Crippen LogP contribution in [-0.2, 0) is 4.79 Å². The highest BCUT2D eigenvalue weighted by atomic mass is 19.1. The van der Waals surface area contributed by atoms with E-state index in [1.54, 1.807) is 6.07 Å². The van der Waals surface area contributed by atoms with E-state index in [0.717, 1.165) is 11.1 Å². The molecule has 0 amide bonds. The molecule has 1 aromatic carbocycles. The van der Waals surface area contributed by atoms with E-state index in [-0.39, 0.29) is 17.7 Å². The quantitative estimate of drug-likeness (QED) is 0.784. The molecule has 0 unspecified atom stereocenters. The van der Waals surface area contributed by atoms with Crippen LogP contribution in [0.2, 0.25) is 0 Å². The van der Waals surface area contributed by atoms with Gasteiger partial charge in [0.25, 0.3) is 0 Å². The lowest BCUT2D eigenvalue weighted by Gasteiger charge is -2.03. The van der Waals surface area contributed by atoms with Gasteiger partial charge >= 0.3 is 5.97 Å². The van der Waals surface area contributed by atoms with Crippen LogP contribution in [-0.4, -0.2) is 11.1 Å². The second-order valence-electron chi connectivity index (χ2n) is 3.79. The first-order valence-corrected chi connectivity index (χ1v) is 4.58. The number of benzene rings is 1. The normalized spacial score (nSPS) is 24.7. The summed E-state index contributed by atoms with van der Waals surface area (Å²) >= 11 is 0. The maximum atomic E-state index is 12.8. The molecule has 1 aliphatic carbocycles. The molecule has 0 spiro atoms. The highest BCUT2D eigenvalue weighted by Crippen LogP contribution is 2.48. The molecule has 0 bridgehead atoms. The Labute approximate surface area is 81.4 Å². The van der Waals surface area contributed by atoms with E-state index in [1.807, 2.05) is 6.92 Å². The fourth-order valence-corrected chi connectivity index (χ4v) is 1.87. The third-order valence-corrected chi connectivity index (χ3v) is 2.74. The molecule has 74 valence electrons. The van der Waals surface area contributed by atoms with Crippen molar-refractivity contribution in [1.29, 1.82) is 0 Å². The Balaban J connectivity index is 2.23. The zero-order chi connectivity index (χ0) is 10.3. The fourth-order valence-electron chi connectivity index (χ4n) is 1.87. The Bertz CT molecular complexity index is 387. The summed E-state index contributed by atoms with van der Waals surface area (Å²) in [6.45, 7) is 1.82. The number of rotatable bonds is 2.